The Hall–Kier alpha value is -0.320. The van der Waals surface area contributed by atoms with Crippen LogP contribution >= 0.6 is 0 Å². The van der Waals surface area contributed by atoms with E-state index in [1.165, 1.54) is 90.4 Å². The first kappa shape index (κ1) is 40.2. The Labute approximate surface area is 222 Å². The summed E-state index contributed by atoms with van der Waals surface area (Å²) in [4.78, 5) is 2.79. The molecule has 2 aliphatic carbocycles. The van der Waals surface area contributed by atoms with Gasteiger partial charge in [-0.05, 0) is 67.9 Å². The Bertz CT molecular complexity index is 517. The van der Waals surface area contributed by atoms with Gasteiger partial charge in [-0.2, -0.15) is 0 Å². The van der Waals surface area contributed by atoms with Gasteiger partial charge in [0.05, 0.1) is 6.73 Å². The minimum atomic E-state index is 0. The van der Waals surface area contributed by atoms with Crippen LogP contribution in [-0.4, -0.2) is 78.9 Å². The van der Waals surface area contributed by atoms with E-state index in [0.29, 0.717) is 30.1 Å². The van der Waals surface area contributed by atoms with Gasteiger partial charge in [0.25, 0.3) is 0 Å². The zero-order valence-corrected chi connectivity index (χ0v) is 23.4. The number of rotatable bonds is 10. The maximum absolute atomic E-state index is 5.22. The summed E-state index contributed by atoms with van der Waals surface area (Å²) in [7, 11) is 1.78. The van der Waals surface area contributed by atoms with Crippen LogP contribution in [0.1, 0.15) is 99.3 Å². The number of ether oxygens (including phenoxy) is 1. The molecule has 1 heterocycles. The van der Waals surface area contributed by atoms with Crippen LogP contribution in [0.25, 0.3) is 0 Å². The number of hydrogen-bond donors (Lipinski definition) is 2. The zero-order valence-electron chi connectivity index (χ0n) is 23.4. The number of hydrogen-bond acceptors (Lipinski definition) is 4. The van der Waals surface area contributed by atoms with Gasteiger partial charge in [-0.25, -0.2) is 0 Å². The van der Waals surface area contributed by atoms with Crippen molar-refractivity contribution in [2.45, 2.75) is 111 Å². The second kappa shape index (κ2) is 19.7. The fourth-order valence-corrected chi connectivity index (χ4v) is 7.02. The standard InChI is InChI=1S/C27H53N3O.CH4.4H2O/c1-21(2)26(28-17-22-10-9-13-24(16-22)29-20-31-5)18-30-15-14-25(27(3,4)19-30)23-11-7-6-8-12-23;;;;;/h21-26,28-29H,6-20H2,1-5H3;1H4;4*1H2/t22?,24?,25?,26-;;;;;/m0...../s1. The molecule has 0 aromatic carbocycles. The number of piperidine rings is 1. The van der Waals surface area contributed by atoms with Gasteiger partial charge in [0.1, 0.15) is 0 Å². The molecule has 3 aliphatic rings. The van der Waals surface area contributed by atoms with E-state index >= 15 is 0 Å². The van der Waals surface area contributed by atoms with Gasteiger partial charge in [-0.15, -0.1) is 0 Å². The molecule has 1 saturated heterocycles. The fraction of sp³-hybridized carbons (Fsp3) is 1.00. The number of nitrogens with one attached hydrogen (secondary N) is 2. The molecule has 0 radical (unpaired) electrons. The van der Waals surface area contributed by atoms with E-state index in [0.717, 1.165) is 17.8 Å². The van der Waals surface area contributed by atoms with Crippen molar-refractivity contribution in [2.24, 2.45) is 29.1 Å². The van der Waals surface area contributed by atoms with Crippen molar-refractivity contribution in [3.8, 4) is 0 Å². The molecule has 3 rings (SSSR count). The van der Waals surface area contributed by atoms with E-state index in [4.69, 9.17) is 4.74 Å². The summed E-state index contributed by atoms with van der Waals surface area (Å²) in [5.41, 5.74) is 0.464. The van der Waals surface area contributed by atoms with Crippen LogP contribution in [0.15, 0.2) is 0 Å². The fourth-order valence-electron chi connectivity index (χ4n) is 7.02. The molecule has 222 valence electrons. The summed E-state index contributed by atoms with van der Waals surface area (Å²) >= 11 is 0. The van der Waals surface area contributed by atoms with Crippen LogP contribution in [-0.2, 0) is 4.74 Å². The molecule has 8 heteroatoms. The lowest BCUT2D eigenvalue weighted by Crippen LogP contribution is -2.53. The van der Waals surface area contributed by atoms with Crippen LogP contribution in [0.4, 0.5) is 0 Å². The van der Waals surface area contributed by atoms with Crippen LogP contribution in [0, 0.1) is 29.1 Å². The molecule has 0 bridgehead atoms. The number of nitrogens with zero attached hydrogens (tertiary/aromatic N) is 1. The molecule has 36 heavy (non-hydrogen) atoms. The third-order valence-electron chi connectivity index (χ3n) is 8.84. The monoisotopic (exact) mass is 523 g/mol. The first-order valence-corrected chi connectivity index (χ1v) is 13.6. The van der Waals surface area contributed by atoms with Crippen LogP contribution < -0.4 is 10.6 Å². The van der Waals surface area contributed by atoms with E-state index in [-0.39, 0.29) is 29.3 Å². The molecule has 0 aromatic heterocycles. The molecule has 1 aliphatic heterocycles. The van der Waals surface area contributed by atoms with Crippen LogP contribution in [0.5, 0.6) is 0 Å². The largest absolute Gasteiger partial charge is 0.412 e. The Kier molecular flexibility index (Phi) is 22.0. The highest BCUT2D eigenvalue weighted by molar-refractivity contribution is 4.93. The van der Waals surface area contributed by atoms with E-state index in [9.17, 15) is 0 Å². The Balaban J connectivity index is -0.00000218. The Morgan fingerprint density at radius 2 is 1.58 bits per heavy atom. The SMILES string of the molecule is C.COCNC1CCCC(CN[C@@H](CN2CCC(C3CCCCC3)C(C)(C)C2)C(C)C)C1.O.O.O.O. The van der Waals surface area contributed by atoms with E-state index in [1.807, 2.05) is 0 Å². The van der Waals surface area contributed by atoms with Crippen LogP contribution in [0.3, 0.4) is 0 Å². The topological polar surface area (TPSA) is 163 Å². The summed E-state index contributed by atoms with van der Waals surface area (Å²) < 4.78 is 5.22. The van der Waals surface area contributed by atoms with Crippen molar-refractivity contribution >= 4 is 0 Å². The average Bonchev–Trinajstić information content (AvgIpc) is 2.75. The van der Waals surface area contributed by atoms with E-state index < -0.39 is 0 Å². The maximum Gasteiger partial charge on any atom is 0.0963 e. The first-order chi connectivity index (χ1) is 14.9. The highest BCUT2D eigenvalue weighted by Gasteiger charge is 2.40. The first-order valence-electron chi connectivity index (χ1n) is 13.6. The van der Waals surface area contributed by atoms with Crippen molar-refractivity contribution in [1.29, 1.82) is 0 Å². The zero-order chi connectivity index (χ0) is 22.3. The van der Waals surface area contributed by atoms with Crippen molar-refractivity contribution < 1.29 is 26.6 Å². The summed E-state index contributed by atoms with van der Waals surface area (Å²) in [6.07, 6.45) is 14.1. The molecular formula is C28H65N3O5. The van der Waals surface area contributed by atoms with Gasteiger partial charge in [0, 0.05) is 32.3 Å². The molecule has 2 saturated carbocycles. The molecule has 3 fully saturated rings. The second-order valence-electron chi connectivity index (χ2n) is 12.1. The molecular weight excluding hydrogens is 458 g/mol. The quantitative estimate of drug-likeness (QED) is 0.421. The lowest BCUT2D eigenvalue weighted by Gasteiger charge is -2.49. The van der Waals surface area contributed by atoms with Gasteiger partial charge in [-0.1, -0.05) is 73.6 Å². The molecule has 10 N–H and O–H groups in total. The average molecular weight is 524 g/mol. The number of methoxy groups -OCH3 is 1. The van der Waals surface area contributed by atoms with E-state index in [2.05, 4.69) is 43.2 Å². The van der Waals surface area contributed by atoms with Gasteiger partial charge in [0.2, 0.25) is 0 Å². The molecule has 3 unspecified atom stereocenters. The maximum atomic E-state index is 5.22. The number of likely N-dealkylation sites (tertiary alicyclic amines) is 1. The molecule has 8 nitrogen and oxygen atoms in total. The van der Waals surface area contributed by atoms with Gasteiger partial charge in [0.15, 0.2) is 0 Å². The van der Waals surface area contributed by atoms with Crippen molar-refractivity contribution in [1.82, 2.24) is 15.5 Å². The predicted octanol–water partition coefficient (Wildman–Crippen LogP) is 2.62. The summed E-state index contributed by atoms with van der Waals surface area (Å²) in [5, 5.41) is 7.57. The Morgan fingerprint density at radius 3 is 2.17 bits per heavy atom. The van der Waals surface area contributed by atoms with Gasteiger partial charge >= 0.3 is 0 Å². The minimum absolute atomic E-state index is 0. The normalized spacial score (nSPS) is 27.3. The third-order valence-corrected chi connectivity index (χ3v) is 8.84. The smallest absolute Gasteiger partial charge is 0.0963 e. The highest BCUT2D eigenvalue weighted by atomic mass is 16.5. The summed E-state index contributed by atoms with van der Waals surface area (Å²) in [5.74, 6) is 3.42. The van der Waals surface area contributed by atoms with Gasteiger partial charge < -0.3 is 36.9 Å². The Morgan fingerprint density at radius 1 is 0.917 bits per heavy atom. The van der Waals surface area contributed by atoms with Crippen molar-refractivity contribution in [3.63, 3.8) is 0 Å². The lowest BCUT2D eigenvalue weighted by atomic mass is 9.64. The molecule has 0 amide bonds. The molecule has 0 aromatic rings. The predicted molar refractivity (Wildman–Crippen MR) is 153 cm³/mol. The lowest BCUT2D eigenvalue weighted by molar-refractivity contribution is 0.00426. The summed E-state index contributed by atoms with van der Waals surface area (Å²) in [6.45, 7) is 15.6. The van der Waals surface area contributed by atoms with Crippen molar-refractivity contribution in [2.75, 3.05) is 40.0 Å². The van der Waals surface area contributed by atoms with Crippen LogP contribution in [0.2, 0.25) is 0 Å². The van der Waals surface area contributed by atoms with Gasteiger partial charge in [-0.3, -0.25) is 5.32 Å². The highest BCUT2D eigenvalue weighted by Crippen LogP contribution is 2.44. The molecule has 0 spiro atoms. The minimum Gasteiger partial charge on any atom is -0.412 e. The summed E-state index contributed by atoms with van der Waals surface area (Å²) in [6, 6.07) is 1.24. The van der Waals surface area contributed by atoms with E-state index in [1.54, 1.807) is 7.11 Å². The second-order valence-corrected chi connectivity index (χ2v) is 12.1. The van der Waals surface area contributed by atoms with Crippen molar-refractivity contribution in [3.05, 3.63) is 0 Å². The third kappa shape index (κ3) is 12.0. The molecule has 4 atom stereocenters.